The van der Waals surface area contributed by atoms with E-state index in [1.165, 1.54) is 11.7 Å². The van der Waals surface area contributed by atoms with Crippen molar-refractivity contribution in [2.75, 3.05) is 5.32 Å². The van der Waals surface area contributed by atoms with E-state index >= 15 is 0 Å². The second kappa shape index (κ2) is 5.79. The summed E-state index contributed by atoms with van der Waals surface area (Å²) in [5, 5.41) is 10.8. The van der Waals surface area contributed by atoms with Crippen LogP contribution in [0.15, 0.2) is 18.3 Å². The standard InChI is InChI=1S/C13H18F3N5/c1-4-9(2)21-6-5-12(19-21)17-8-10-7-11(13(14,15)16)18-20(10)3/h5-7,9H,4,8H2,1-3H3,(H,17,19). The van der Waals surface area contributed by atoms with Crippen molar-refractivity contribution in [1.29, 1.82) is 0 Å². The molecule has 0 aliphatic heterocycles. The topological polar surface area (TPSA) is 47.7 Å². The predicted molar refractivity (Wildman–Crippen MR) is 72.8 cm³/mol. The Morgan fingerprint density at radius 1 is 1.33 bits per heavy atom. The first-order chi connectivity index (χ1) is 9.81. The first kappa shape index (κ1) is 15.4. The molecule has 0 radical (unpaired) electrons. The monoisotopic (exact) mass is 301 g/mol. The van der Waals surface area contributed by atoms with Crippen LogP contribution in [-0.4, -0.2) is 19.6 Å². The molecule has 1 atom stereocenters. The van der Waals surface area contributed by atoms with Crippen LogP contribution < -0.4 is 5.32 Å². The summed E-state index contributed by atoms with van der Waals surface area (Å²) in [6.45, 7) is 4.35. The molecular weight excluding hydrogens is 283 g/mol. The van der Waals surface area contributed by atoms with Gasteiger partial charge in [0, 0.05) is 25.4 Å². The molecule has 2 aromatic rings. The Morgan fingerprint density at radius 2 is 2.05 bits per heavy atom. The van der Waals surface area contributed by atoms with Gasteiger partial charge in [-0.2, -0.15) is 23.4 Å². The molecule has 0 aliphatic carbocycles. The number of anilines is 1. The van der Waals surface area contributed by atoms with Crippen molar-refractivity contribution in [2.45, 2.75) is 39.0 Å². The number of alkyl halides is 3. The van der Waals surface area contributed by atoms with Gasteiger partial charge >= 0.3 is 6.18 Å². The number of rotatable bonds is 5. The number of aromatic nitrogens is 4. The van der Waals surface area contributed by atoms with Crippen molar-refractivity contribution in [3.8, 4) is 0 Å². The molecule has 0 aliphatic rings. The van der Waals surface area contributed by atoms with Crippen molar-refractivity contribution >= 4 is 5.82 Å². The predicted octanol–water partition coefficient (Wildman–Crippen LogP) is 3.22. The molecule has 2 rings (SSSR count). The lowest BCUT2D eigenvalue weighted by Crippen LogP contribution is -2.08. The van der Waals surface area contributed by atoms with Gasteiger partial charge in [-0.05, 0) is 19.4 Å². The maximum absolute atomic E-state index is 12.6. The number of halogens is 3. The lowest BCUT2D eigenvalue weighted by atomic mass is 10.3. The fraction of sp³-hybridized carbons (Fsp3) is 0.538. The third-order valence-electron chi connectivity index (χ3n) is 3.37. The molecule has 0 fully saturated rings. The van der Waals surface area contributed by atoms with Crippen LogP contribution in [0.25, 0.3) is 0 Å². The zero-order valence-electron chi connectivity index (χ0n) is 12.1. The molecule has 2 aromatic heterocycles. The van der Waals surface area contributed by atoms with Gasteiger partial charge in [0.05, 0.1) is 12.2 Å². The average molecular weight is 301 g/mol. The van der Waals surface area contributed by atoms with Gasteiger partial charge in [0.15, 0.2) is 5.69 Å². The van der Waals surface area contributed by atoms with Gasteiger partial charge in [-0.15, -0.1) is 0 Å². The van der Waals surface area contributed by atoms with Crippen LogP contribution in [0.4, 0.5) is 19.0 Å². The van der Waals surface area contributed by atoms with Gasteiger partial charge in [-0.1, -0.05) is 6.92 Å². The van der Waals surface area contributed by atoms with E-state index in [-0.39, 0.29) is 12.6 Å². The van der Waals surface area contributed by atoms with Gasteiger partial charge in [-0.3, -0.25) is 9.36 Å². The summed E-state index contributed by atoms with van der Waals surface area (Å²) >= 11 is 0. The summed E-state index contributed by atoms with van der Waals surface area (Å²) in [6, 6.07) is 3.13. The quantitative estimate of drug-likeness (QED) is 0.922. The summed E-state index contributed by atoms with van der Waals surface area (Å²) in [7, 11) is 1.49. The minimum absolute atomic E-state index is 0.233. The highest BCUT2D eigenvalue weighted by atomic mass is 19.4. The van der Waals surface area contributed by atoms with Crippen molar-refractivity contribution in [3.63, 3.8) is 0 Å². The number of nitrogens with zero attached hydrogens (tertiary/aromatic N) is 4. The molecule has 116 valence electrons. The fourth-order valence-corrected chi connectivity index (χ4v) is 1.86. The van der Waals surface area contributed by atoms with E-state index in [0.29, 0.717) is 11.5 Å². The zero-order valence-corrected chi connectivity index (χ0v) is 12.1. The summed E-state index contributed by atoms with van der Waals surface area (Å²) < 4.78 is 40.7. The molecule has 21 heavy (non-hydrogen) atoms. The third kappa shape index (κ3) is 3.56. The molecule has 5 nitrogen and oxygen atoms in total. The number of hydrogen-bond donors (Lipinski definition) is 1. The van der Waals surface area contributed by atoms with Gasteiger partial charge in [-0.25, -0.2) is 0 Å². The van der Waals surface area contributed by atoms with Crippen LogP contribution in [0.1, 0.15) is 37.7 Å². The van der Waals surface area contributed by atoms with Crippen molar-refractivity contribution in [1.82, 2.24) is 19.6 Å². The first-order valence-electron chi connectivity index (χ1n) is 6.70. The summed E-state index contributed by atoms with van der Waals surface area (Å²) in [4.78, 5) is 0. The van der Waals surface area contributed by atoms with Gasteiger partial charge in [0.1, 0.15) is 5.82 Å². The fourth-order valence-electron chi connectivity index (χ4n) is 1.86. The van der Waals surface area contributed by atoms with E-state index in [2.05, 4.69) is 22.4 Å². The highest BCUT2D eigenvalue weighted by molar-refractivity contribution is 5.33. The second-order valence-electron chi connectivity index (χ2n) is 4.93. The maximum Gasteiger partial charge on any atom is 0.435 e. The molecule has 1 N–H and O–H groups in total. The van der Waals surface area contributed by atoms with Gasteiger partial charge < -0.3 is 5.32 Å². The first-order valence-corrected chi connectivity index (χ1v) is 6.70. The Morgan fingerprint density at radius 3 is 2.62 bits per heavy atom. The van der Waals surface area contributed by atoms with Crippen LogP contribution in [0, 0.1) is 0 Å². The Bertz CT molecular complexity index is 599. The van der Waals surface area contributed by atoms with E-state index in [1.807, 2.05) is 17.8 Å². The Balaban J connectivity index is 2.03. The molecule has 0 amide bonds. The molecule has 0 bridgehead atoms. The van der Waals surface area contributed by atoms with Crippen LogP contribution in [0.3, 0.4) is 0 Å². The van der Waals surface area contributed by atoms with Crippen molar-refractivity contribution < 1.29 is 13.2 Å². The molecule has 0 saturated carbocycles. The molecule has 0 saturated heterocycles. The van der Waals surface area contributed by atoms with Crippen LogP contribution >= 0.6 is 0 Å². The van der Waals surface area contributed by atoms with E-state index in [9.17, 15) is 13.2 Å². The molecule has 8 heteroatoms. The maximum atomic E-state index is 12.6. The largest absolute Gasteiger partial charge is 0.435 e. The lowest BCUT2D eigenvalue weighted by molar-refractivity contribution is -0.141. The highest BCUT2D eigenvalue weighted by Crippen LogP contribution is 2.28. The van der Waals surface area contributed by atoms with E-state index in [0.717, 1.165) is 12.5 Å². The number of aryl methyl sites for hydroxylation is 1. The average Bonchev–Trinajstić information content (AvgIpc) is 3.01. The Hall–Kier alpha value is -1.99. The number of nitrogens with one attached hydrogen (secondary N) is 1. The van der Waals surface area contributed by atoms with Crippen molar-refractivity contribution in [3.05, 3.63) is 29.7 Å². The van der Waals surface area contributed by atoms with Gasteiger partial charge in [0.2, 0.25) is 0 Å². The SMILES string of the molecule is CCC(C)n1ccc(NCc2cc(C(F)(F)F)nn2C)n1. The summed E-state index contributed by atoms with van der Waals surface area (Å²) in [6.07, 6.45) is -1.62. The molecule has 0 aromatic carbocycles. The number of hydrogen-bond acceptors (Lipinski definition) is 3. The van der Waals surface area contributed by atoms with E-state index in [4.69, 9.17) is 0 Å². The molecule has 2 heterocycles. The Kier molecular flexibility index (Phi) is 4.24. The van der Waals surface area contributed by atoms with Crippen LogP contribution in [0.2, 0.25) is 0 Å². The van der Waals surface area contributed by atoms with Crippen LogP contribution in [0.5, 0.6) is 0 Å². The molecule has 1 unspecified atom stereocenters. The normalized spacial score (nSPS) is 13.4. The minimum Gasteiger partial charge on any atom is -0.363 e. The van der Waals surface area contributed by atoms with E-state index < -0.39 is 11.9 Å². The molecular formula is C13H18F3N5. The third-order valence-corrected chi connectivity index (χ3v) is 3.37. The van der Waals surface area contributed by atoms with Crippen LogP contribution in [-0.2, 0) is 19.8 Å². The molecule has 0 spiro atoms. The van der Waals surface area contributed by atoms with E-state index in [1.54, 1.807) is 6.07 Å². The minimum atomic E-state index is -4.42. The lowest BCUT2D eigenvalue weighted by Gasteiger charge is -2.08. The highest BCUT2D eigenvalue weighted by Gasteiger charge is 2.34. The van der Waals surface area contributed by atoms with Crippen molar-refractivity contribution in [2.24, 2.45) is 7.05 Å². The zero-order chi connectivity index (χ0) is 15.6. The summed E-state index contributed by atoms with van der Waals surface area (Å²) in [5.74, 6) is 0.630. The smallest absolute Gasteiger partial charge is 0.363 e. The van der Waals surface area contributed by atoms with Gasteiger partial charge in [0.25, 0.3) is 0 Å². The second-order valence-corrected chi connectivity index (χ2v) is 4.93. The summed E-state index contributed by atoms with van der Waals surface area (Å²) in [5.41, 5.74) is -0.438. The Labute approximate surface area is 120 Å².